The van der Waals surface area contributed by atoms with Crippen LogP contribution < -0.4 is 5.32 Å². The molecule has 0 saturated carbocycles. The highest BCUT2D eigenvalue weighted by Crippen LogP contribution is 2.30. The zero-order valence-corrected chi connectivity index (χ0v) is 14.8. The van der Waals surface area contributed by atoms with Gasteiger partial charge in [-0.25, -0.2) is 4.68 Å². The Bertz CT molecular complexity index is 962. The van der Waals surface area contributed by atoms with E-state index in [0.29, 0.717) is 5.69 Å². The van der Waals surface area contributed by atoms with Crippen molar-refractivity contribution < 1.29 is 18.0 Å². The van der Waals surface area contributed by atoms with E-state index in [4.69, 9.17) is 0 Å². The lowest BCUT2D eigenvalue weighted by molar-refractivity contribution is -0.137. The molecule has 0 radical (unpaired) electrons. The number of amides is 1. The molecule has 1 aromatic heterocycles. The number of nitrogens with zero attached hydrogens (tertiary/aromatic N) is 2. The lowest BCUT2D eigenvalue weighted by atomic mass is 10.1. The molecular formula is C20H18F3N3O. The van der Waals surface area contributed by atoms with E-state index < -0.39 is 17.6 Å². The number of halogens is 3. The highest BCUT2D eigenvalue weighted by molar-refractivity contribution is 5.92. The predicted molar refractivity (Wildman–Crippen MR) is 96.8 cm³/mol. The standard InChI is InChI=1S/C20H18F3N3O/c1-13-18(14(2)26(25-13)17-9-4-3-5-10-17)12-19(27)24-16-8-6-7-15(11-16)20(21,22)23/h3-11H,12H2,1-2H3,(H,24,27). The number of nitrogens with one attached hydrogen (secondary N) is 1. The van der Waals surface area contributed by atoms with Gasteiger partial charge in [-0.1, -0.05) is 24.3 Å². The molecule has 0 aliphatic carbocycles. The van der Waals surface area contributed by atoms with Gasteiger partial charge in [0, 0.05) is 16.9 Å². The van der Waals surface area contributed by atoms with Gasteiger partial charge in [0.2, 0.25) is 5.91 Å². The molecule has 0 atom stereocenters. The van der Waals surface area contributed by atoms with Gasteiger partial charge in [0.25, 0.3) is 0 Å². The van der Waals surface area contributed by atoms with E-state index in [1.54, 1.807) is 11.6 Å². The first-order valence-electron chi connectivity index (χ1n) is 8.33. The molecule has 1 N–H and O–H groups in total. The predicted octanol–water partition coefficient (Wildman–Crippen LogP) is 4.69. The molecule has 140 valence electrons. The minimum absolute atomic E-state index is 0.0285. The van der Waals surface area contributed by atoms with Crippen molar-refractivity contribution in [2.75, 3.05) is 5.32 Å². The maximum atomic E-state index is 12.8. The molecule has 0 aliphatic heterocycles. The number of hydrogen-bond acceptors (Lipinski definition) is 2. The van der Waals surface area contributed by atoms with Crippen LogP contribution in [0.3, 0.4) is 0 Å². The molecule has 7 heteroatoms. The summed E-state index contributed by atoms with van der Waals surface area (Å²) in [7, 11) is 0. The number of alkyl halides is 3. The van der Waals surface area contributed by atoms with Crippen LogP contribution in [0.25, 0.3) is 5.69 Å². The molecule has 0 unspecified atom stereocenters. The average Bonchev–Trinajstić information content (AvgIpc) is 2.90. The van der Waals surface area contributed by atoms with Crippen molar-refractivity contribution in [3.8, 4) is 5.69 Å². The molecule has 2 aromatic carbocycles. The zero-order chi connectivity index (χ0) is 19.6. The number of anilines is 1. The Labute approximate surface area is 154 Å². The molecule has 0 spiro atoms. The van der Waals surface area contributed by atoms with Gasteiger partial charge in [-0.05, 0) is 44.2 Å². The molecular weight excluding hydrogens is 355 g/mol. The molecule has 27 heavy (non-hydrogen) atoms. The summed E-state index contributed by atoms with van der Waals surface area (Å²) in [6.45, 7) is 3.67. The van der Waals surface area contributed by atoms with Gasteiger partial charge in [0.05, 0.1) is 23.4 Å². The maximum Gasteiger partial charge on any atom is 0.416 e. The van der Waals surface area contributed by atoms with E-state index in [1.165, 1.54) is 12.1 Å². The second kappa shape index (κ2) is 7.26. The first kappa shape index (κ1) is 18.7. The highest BCUT2D eigenvalue weighted by Gasteiger charge is 2.30. The molecule has 0 saturated heterocycles. The first-order chi connectivity index (χ1) is 12.8. The van der Waals surface area contributed by atoms with E-state index in [9.17, 15) is 18.0 Å². The van der Waals surface area contributed by atoms with Gasteiger partial charge >= 0.3 is 6.18 Å². The van der Waals surface area contributed by atoms with Crippen LogP contribution in [0.4, 0.5) is 18.9 Å². The lowest BCUT2D eigenvalue weighted by Gasteiger charge is -2.10. The molecule has 3 rings (SSSR count). The summed E-state index contributed by atoms with van der Waals surface area (Å²) in [4.78, 5) is 12.4. The number of hydrogen-bond donors (Lipinski definition) is 1. The van der Waals surface area contributed by atoms with Crippen LogP contribution in [-0.4, -0.2) is 15.7 Å². The quantitative estimate of drug-likeness (QED) is 0.721. The Morgan fingerprint density at radius 2 is 1.78 bits per heavy atom. The number of aromatic nitrogens is 2. The molecule has 1 heterocycles. The third kappa shape index (κ3) is 4.19. The van der Waals surface area contributed by atoms with Gasteiger partial charge < -0.3 is 5.32 Å². The normalized spacial score (nSPS) is 11.4. The average molecular weight is 373 g/mol. The van der Waals surface area contributed by atoms with Crippen LogP contribution >= 0.6 is 0 Å². The largest absolute Gasteiger partial charge is 0.416 e. The maximum absolute atomic E-state index is 12.8. The third-order valence-corrected chi connectivity index (χ3v) is 4.25. The summed E-state index contributed by atoms with van der Waals surface area (Å²) in [5, 5.41) is 7.01. The number of para-hydroxylation sites is 1. The monoisotopic (exact) mass is 373 g/mol. The third-order valence-electron chi connectivity index (χ3n) is 4.25. The van der Waals surface area contributed by atoms with Crippen molar-refractivity contribution in [2.45, 2.75) is 26.4 Å². The summed E-state index contributed by atoms with van der Waals surface area (Å²) in [5.41, 5.74) is 2.46. The van der Waals surface area contributed by atoms with Gasteiger partial charge in [0.1, 0.15) is 0 Å². The molecule has 0 bridgehead atoms. The number of aryl methyl sites for hydroxylation is 1. The molecule has 4 nitrogen and oxygen atoms in total. The molecule has 0 aliphatic rings. The second-order valence-corrected chi connectivity index (χ2v) is 6.20. The van der Waals surface area contributed by atoms with E-state index >= 15 is 0 Å². The van der Waals surface area contributed by atoms with Crippen molar-refractivity contribution in [1.29, 1.82) is 0 Å². The van der Waals surface area contributed by atoms with Crippen LogP contribution in [0, 0.1) is 13.8 Å². The Balaban J connectivity index is 1.78. The molecule has 3 aromatic rings. The van der Waals surface area contributed by atoms with E-state index in [1.807, 2.05) is 37.3 Å². The topological polar surface area (TPSA) is 46.9 Å². The van der Waals surface area contributed by atoms with Gasteiger partial charge in [-0.15, -0.1) is 0 Å². The summed E-state index contributed by atoms with van der Waals surface area (Å²) in [6, 6.07) is 14.1. The van der Waals surface area contributed by atoms with Crippen LogP contribution in [0.2, 0.25) is 0 Å². The van der Waals surface area contributed by atoms with Crippen molar-refractivity contribution in [1.82, 2.24) is 9.78 Å². The van der Waals surface area contributed by atoms with Gasteiger partial charge in [-0.2, -0.15) is 18.3 Å². The van der Waals surface area contributed by atoms with Crippen molar-refractivity contribution in [2.24, 2.45) is 0 Å². The van der Waals surface area contributed by atoms with Crippen molar-refractivity contribution in [3.63, 3.8) is 0 Å². The van der Waals surface area contributed by atoms with E-state index in [-0.39, 0.29) is 12.1 Å². The summed E-state index contributed by atoms with van der Waals surface area (Å²) in [6.07, 6.45) is -4.43. The van der Waals surface area contributed by atoms with Gasteiger partial charge in [0.15, 0.2) is 0 Å². The number of rotatable bonds is 4. The summed E-state index contributed by atoms with van der Waals surface area (Å²) in [5.74, 6) is -0.395. The van der Waals surface area contributed by atoms with Crippen molar-refractivity contribution >= 4 is 11.6 Å². The zero-order valence-electron chi connectivity index (χ0n) is 14.8. The lowest BCUT2D eigenvalue weighted by Crippen LogP contribution is -2.16. The number of benzene rings is 2. The Hall–Kier alpha value is -3.09. The fraction of sp³-hybridized carbons (Fsp3) is 0.200. The van der Waals surface area contributed by atoms with Crippen LogP contribution in [0.5, 0.6) is 0 Å². The molecule has 1 amide bonds. The number of carbonyl (C=O) groups excluding carboxylic acids is 1. The molecule has 0 fully saturated rings. The van der Waals surface area contributed by atoms with Crippen LogP contribution in [-0.2, 0) is 17.4 Å². The van der Waals surface area contributed by atoms with Crippen LogP contribution in [0.15, 0.2) is 54.6 Å². The Morgan fingerprint density at radius 1 is 1.07 bits per heavy atom. The van der Waals surface area contributed by atoms with Crippen LogP contribution in [0.1, 0.15) is 22.5 Å². The number of carbonyl (C=O) groups is 1. The smallest absolute Gasteiger partial charge is 0.326 e. The van der Waals surface area contributed by atoms with E-state index in [2.05, 4.69) is 10.4 Å². The van der Waals surface area contributed by atoms with Crippen molar-refractivity contribution in [3.05, 3.63) is 77.1 Å². The summed E-state index contributed by atoms with van der Waals surface area (Å²) >= 11 is 0. The Morgan fingerprint density at radius 3 is 2.44 bits per heavy atom. The second-order valence-electron chi connectivity index (χ2n) is 6.20. The summed E-state index contributed by atoms with van der Waals surface area (Å²) < 4.78 is 40.1. The first-order valence-corrected chi connectivity index (χ1v) is 8.33. The minimum atomic E-state index is -4.45. The Kier molecular flexibility index (Phi) is 5.03. The fourth-order valence-electron chi connectivity index (χ4n) is 2.89. The highest BCUT2D eigenvalue weighted by atomic mass is 19.4. The fourth-order valence-corrected chi connectivity index (χ4v) is 2.89. The van der Waals surface area contributed by atoms with E-state index in [0.717, 1.165) is 29.1 Å². The SMILES string of the molecule is Cc1nn(-c2ccccc2)c(C)c1CC(=O)Nc1cccc(C(F)(F)F)c1. The minimum Gasteiger partial charge on any atom is -0.326 e. The van der Waals surface area contributed by atoms with Gasteiger partial charge in [-0.3, -0.25) is 4.79 Å².